The highest BCUT2D eigenvalue weighted by atomic mass is 32.2. The molecule has 1 aromatic heterocycles. The molecule has 5 heteroatoms. The van der Waals surface area contributed by atoms with Crippen LogP contribution in [0.4, 0.5) is 5.95 Å². The molecular formula is C13H25N3OS. The Labute approximate surface area is 115 Å². The van der Waals surface area contributed by atoms with Gasteiger partial charge in [0.05, 0.1) is 12.3 Å². The third kappa shape index (κ3) is 4.90. The summed E-state index contributed by atoms with van der Waals surface area (Å²) in [6, 6.07) is 0.482. The number of hydrogen-bond donors (Lipinski definition) is 1. The second kappa shape index (κ2) is 8.43. The Bertz CT molecular complexity index is 341. The van der Waals surface area contributed by atoms with Gasteiger partial charge in [-0.25, -0.2) is 4.98 Å². The quantitative estimate of drug-likeness (QED) is 0.701. The fourth-order valence-corrected chi connectivity index (χ4v) is 2.58. The zero-order chi connectivity index (χ0) is 13.4. The Kier molecular flexibility index (Phi) is 7.20. The van der Waals surface area contributed by atoms with Crippen LogP contribution in [0.3, 0.4) is 0 Å². The van der Waals surface area contributed by atoms with Crippen molar-refractivity contribution in [2.75, 3.05) is 37.1 Å². The van der Waals surface area contributed by atoms with Gasteiger partial charge in [-0.3, -0.25) is 0 Å². The van der Waals surface area contributed by atoms with Crippen LogP contribution in [0.2, 0.25) is 0 Å². The highest BCUT2D eigenvalue weighted by molar-refractivity contribution is 7.99. The minimum atomic E-state index is 0.482. The first-order valence-electron chi connectivity index (χ1n) is 6.55. The summed E-state index contributed by atoms with van der Waals surface area (Å²) in [5.41, 5.74) is 1.06. The summed E-state index contributed by atoms with van der Waals surface area (Å²) in [5, 5.41) is 3.33. The average molecular weight is 271 g/mol. The van der Waals surface area contributed by atoms with Gasteiger partial charge >= 0.3 is 0 Å². The van der Waals surface area contributed by atoms with Crippen molar-refractivity contribution in [1.82, 2.24) is 9.55 Å². The van der Waals surface area contributed by atoms with Crippen molar-refractivity contribution in [2.24, 2.45) is 0 Å². The lowest BCUT2D eigenvalue weighted by atomic mass is 10.2. The lowest BCUT2D eigenvalue weighted by Gasteiger charge is -2.16. The molecule has 1 rings (SSSR count). The number of imidazole rings is 1. The summed E-state index contributed by atoms with van der Waals surface area (Å²) in [4.78, 5) is 4.52. The van der Waals surface area contributed by atoms with Crippen molar-refractivity contribution in [2.45, 2.75) is 33.2 Å². The van der Waals surface area contributed by atoms with Crippen LogP contribution < -0.4 is 5.32 Å². The number of rotatable bonds is 9. The SMILES string of the molecule is CCSCCC(C)n1cc(C)nc1NCCOC. The van der Waals surface area contributed by atoms with E-state index in [4.69, 9.17) is 4.74 Å². The van der Waals surface area contributed by atoms with Crippen LogP contribution >= 0.6 is 11.8 Å². The molecule has 0 fully saturated rings. The van der Waals surface area contributed by atoms with Crippen molar-refractivity contribution in [3.63, 3.8) is 0 Å². The normalized spacial score (nSPS) is 12.7. The van der Waals surface area contributed by atoms with Gasteiger partial charge in [0.15, 0.2) is 0 Å². The summed E-state index contributed by atoms with van der Waals surface area (Å²) < 4.78 is 7.28. The van der Waals surface area contributed by atoms with Crippen molar-refractivity contribution in [3.05, 3.63) is 11.9 Å². The molecule has 18 heavy (non-hydrogen) atoms. The minimum absolute atomic E-state index is 0.482. The van der Waals surface area contributed by atoms with Crippen LogP contribution in [0.15, 0.2) is 6.20 Å². The van der Waals surface area contributed by atoms with Gasteiger partial charge < -0.3 is 14.6 Å². The van der Waals surface area contributed by atoms with E-state index < -0.39 is 0 Å². The van der Waals surface area contributed by atoms with Crippen LogP contribution in [0, 0.1) is 6.92 Å². The lowest BCUT2D eigenvalue weighted by Crippen LogP contribution is -2.14. The average Bonchev–Trinajstić information content (AvgIpc) is 2.71. The van der Waals surface area contributed by atoms with E-state index in [9.17, 15) is 0 Å². The number of ether oxygens (including phenoxy) is 1. The number of methoxy groups -OCH3 is 1. The van der Waals surface area contributed by atoms with Gasteiger partial charge in [0.1, 0.15) is 0 Å². The molecule has 1 heterocycles. The smallest absolute Gasteiger partial charge is 0.203 e. The Morgan fingerprint density at radius 1 is 1.56 bits per heavy atom. The van der Waals surface area contributed by atoms with E-state index in [1.807, 2.05) is 18.7 Å². The predicted molar refractivity (Wildman–Crippen MR) is 79.7 cm³/mol. The molecule has 0 aliphatic heterocycles. The third-order valence-electron chi connectivity index (χ3n) is 2.80. The van der Waals surface area contributed by atoms with Crippen LogP contribution in [0.25, 0.3) is 0 Å². The van der Waals surface area contributed by atoms with Crippen molar-refractivity contribution >= 4 is 17.7 Å². The summed E-state index contributed by atoms with van der Waals surface area (Å²) in [6.45, 7) is 7.98. The summed E-state index contributed by atoms with van der Waals surface area (Å²) in [6.07, 6.45) is 3.30. The molecule has 1 atom stereocenters. The molecule has 4 nitrogen and oxygen atoms in total. The molecule has 0 amide bonds. The maximum Gasteiger partial charge on any atom is 0.203 e. The number of aromatic nitrogens is 2. The highest BCUT2D eigenvalue weighted by Gasteiger charge is 2.11. The van der Waals surface area contributed by atoms with E-state index in [2.05, 4.69) is 34.9 Å². The number of aryl methyl sites for hydroxylation is 1. The highest BCUT2D eigenvalue weighted by Crippen LogP contribution is 2.20. The van der Waals surface area contributed by atoms with E-state index >= 15 is 0 Å². The Balaban J connectivity index is 2.56. The molecule has 0 aromatic carbocycles. The maximum absolute atomic E-state index is 5.05. The molecule has 0 aliphatic carbocycles. The number of anilines is 1. The number of thioether (sulfide) groups is 1. The van der Waals surface area contributed by atoms with Crippen LogP contribution in [-0.4, -0.2) is 41.3 Å². The van der Waals surface area contributed by atoms with Gasteiger partial charge in [-0.15, -0.1) is 0 Å². The van der Waals surface area contributed by atoms with E-state index in [0.29, 0.717) is 12.6 Å². The van der Waals surface area contributed by atoms with Gasteiger partial charge in [-0.1, -0.05) is 6.92 Å². The molecule has 0 saturated carbocycles. The molecule has 1 unspecified atom stereocenters. The zero-order valence-corrected chi connectivity index (χ0v) is 12.7. The van der Waals surface area contributed by atoms with Gasteiger partial charge in [0.25, 0.3) is 0 Å². The summed E-state index contributed by atoms with van der Waals surface area (Å²) in [5.74, 6) is 3.35. The molecule has 0 bridgehead atoms. The topological polar surface area (TPSA) is 39.1 Å². The number of nitrogens with zero attached hydrogens (tertiary/aromatic N) is 2. The summed E-state index contributed by atoms with van der Waals surface area (Å²) in [7, 11) is 1.71. The zero-order valence-electron chi connectivity index (χ0n) is 11.9. The molecule has 0 radical (unpaired) electrons. The second-order valence-electron chi connectivity index (χ2n) is 4.37. The largest absolute Gasteiger partial charge is 0.383 e. The molecule has 0 aliphatic rings. The molecule has 104 valence electrons. The van der Waals surface area contributed by atoms with Gasteiger partial charge in [0, 0.05) is 25.9 Å². The molecule has 0 saturated heterocycles. The molecule has 1 aromatic rings. The first-order chi connectivity index (χ1) is 8.69. The molecular weight excluding hydrogens is 246 g/mol. The van der Waals surface area contributed by atoms with E-state index in [-0.39, 0.29) is 0 Å². The van der Waals surface area contributed by atoms with Crippen LogP contribution in [-0.2, 0) is 4.74 Å². The maximum atomic E-state index is 5.05. The van der Waals surface area contributed by atoms with E-state index in [1.54, 1.807) is 7.11 Å². The Morgan fingerprint density at radius 3 is 3.00 bits per heavy atom. The molecule has 0 spiro atoms. The van der Waals surface area contributed by atoms with Crippen LogP contribution in [0.1, 0.15) is 32.0 Å². The van der Waals surface area contributed by atoms with Crippen molar-refractivity contribution in [1.29, 1.82) is 0 Å². The standard InChI is InChI=1S/C13H25N3OS/c1-5-18-9-6-12(3)16-10-11(2)15-13(16)14-7-8-17-4/h10,12H,5-9H2,1-4H3,(H,14,15). The number of nitrogens with one attached hydrogen (secondary N) is 1. The van der Waals surface area contributed by atoms with Gasteiger partial charge in [-0.05, 0) is 31.8 Å². The van der Waals surface area contributed by atoms with Gasteiger partial charge in [-0.2, -0.15) is 11.8 Å². The molecule has 1 N–H and O–H groups in total. The fourth-order valence-electron chi connectivity index (χ4n) is 1.79. The summed E-state index contributed by atoms with van der Waals surface area (Å²) >= 11 is 1.99. The van der Waals surface area contributed by atoms with Crippen molar-refractivity contribution in [3.8, 4) is 0 Å². The minimum Gasteiger partial charge on any atom is -0.383 e. The second-order valence-corrected chi connectivity index (χ2v) is 5.76. The predicted octanol–water partition coefficient (Wildman–Crippen LogP) is 2.95. The Morgan fingerprint density at radius 2 is 2.33 bits per heavy atom. The fraction of sp³-hybridized carbons (Fsp3) is 0.769. The van der Waals surface area contributed by atoms with Gasteiger partial charge in [0.2, 0.25) is 5.95 Å². The first kappa shape index (κ1) is 15.4. The third-order valence-corrected chi connectivity index (χ3v) is 3.73. The van der Waals surface area contributed by atoms with E-state index in [0.717, 1.165) is 18.2 Å². The number of hydrogen-bond acceptors (Lipinski definition) is 4. The van der Waals surface area contributed by atoms with Crippen LogP contribution in [0.5, 0.6) is 0 Å². The first-order valence-corrected chi connectivity index (χ1v) is 7.70. The lowest BCUT2D eigenvalue weighted by molar-refractivity contribution is 0.210. The Hall–Kier alpha value is -0.680. The monoisotopic (exact) mass is 271 g/mol. The van der Waals surface area contributed by atoms with Crippen molar-refractivity contribution < 1.29 is 4.74 Å². The van der Waals surface area contributed by atoms with E-state index in [1.165, 1.54) is 17.9 Å².